The molecule has 18 heavy (non-hydrogen) atoms. The van der Waals surface area contributed by atoms with Gasteiger partial charge in [-0.3, -0.25) is 9.59 Å². The highest BCUT2D eigenvalue weighted by Gasteiger charge is 2.46. The zero-order chi connectivity index (χ0) is 13.5. The van der Waals surface area contributed by atoms with Crippen LogP contribution in [0.5, 0.6) is 5.75 Å². The van der Waals surface area contributed by atoms with Crippen molar-refractivity contribution in [3.05, 3.63) is 29.3 Å². The first-order chi connectivity index (χ1) is 8.47. The number of ether oxygens (including phenoxy) is 1. The number of nitrogens with zero attached hydrogens (tertiary/aromatic N) is 2. The summed E-state index contributed by atoms with van der Waals surface area (Å²) in [6, 6.07) is 7.06. The molecule has 1 unspecified atom stereocenters. The maximum atomic E-state index is 12.0. The molecule has 0 aliphatic carbocycles. The molecular formula is C13H12N2O3. The third kappa shape index (κ3) is 1.32. The van der Waals surface area contributed by atoms with Gasteiger partial charge in [0.1, 0.15) is 5.75 Å². The van der Waals surface area contributed by atoms with Gasteiger partial charge in [0.15, 0.2) is 5.54 Å². The molecule has 2 rings (SSSR count). The molecule has 0 saturated heterocycles. The number of Topliss-reactive ketones (excluding diaryl/α,β-unsaturated/α-hetero) is 1. The van der Waals surface area contributed by atoms with Crippen molar-refractivity contribution in [2.45, 2.75) is 12.5 Å². The molecule has 0 aromatic heterocycles. The van der Waals surface area contributed by atoms with Gasteiger partial charge in [0.2, 0.25) is 0 Å². The standard InChI is InChI=1S/C13H12N2O3/c1-13(7-14)8-5-4-6-9(18-3)10(8)11(16)12(17)15(13)2/h4-6H,1-3H3. The number of amides is 1. The molecule has 0 fully saturated rings. The Kier molecular flexibility index (Phi) is 2.59. The van der Waals surface area contributed by atoms with Gasteiger partial charge in [-0.2, -0.15) is 5.26 Å². The minimum absolute atomic E-state index is 0.187. The third-order valence-electron chi connectivity index (χ3n) is 3.39. The van der Waals surface area contributed by atoms with Crippen molar-refractivity contribution in [1.82, 2.24) is 4.90 Å². The number of ketones is 1. The largest absolute Gasteiger partial charge is 0.496 e. The van der Waals surface area contributed by atoms with Crippen LogP contribution in [0.4, 0.5) is 0 Å². The van der Waals surface area contributed by atoms with Crippen molar-refractivity contribution in [2.24, 2.45) is 0 Å². The smallest absolute Gasteiger partial charge is 0.296 e. The first-order valence-electron chi connectivity index (χ1n) is 5.38. The van der Waals surface area contributed by atoms with Gasteiger partial charge in [-0.1, -0.05) is 12.1 Å². The maximum absolute atomic E-state index is 12.0. The lowest BCUT2D eigenvalue weighted by Gasteiger charge is -2.38. The minimum Gasteiger partial charge on any atom is -0.496 e. The fourth-order valence-corrected chi connectivity index (χ4v) is 2.12. The predicted octanol–water partition coefficient (Wildman–Crippen LogP) is 1.09. The molecular weight excluding hydrogens is 232 g/mol. The van der Waals surface area contributed by atoms with E-state index in [1.165, 1.54) is 14.2 Å². The monoisotopic (exact) mass is 244 g/mol. The van der Waals surface area contributed by atoms with Gasteiger partial charge in [0, 0.05) is 12.6 Å². The van der Waals surface area contributed by atoms with Crippen LogP contribution < -0.4 is 4.74 Å². The van der Waals surface area contributed by atoms with Gasteiger partial charge in [-0.05, 0) is 13.0 Å². The highest BCUT2D eigenvalue weighted by atomic mass is 16.5. The fraction of sp³-hybridized carbons (Fsp3) is 0.308. The van der Waals surface area contributed by atoms with E-state index in [-0.39, 0.29) is 5.56 Å². The molecule has 0 radical (unpaired) electrons. The lowest BCUT2D eigenvalue weighted by atomic mass is 9.82. The molecule has 0 bridgehead atoms. The van der Waals surface area contributed by atoms with E-state index >= 15 is 0 Å². The zero-order valence-electron chi connectivity index (χ0n) is 10.4. The quantitative estimate of drug-likeness (QED) is 0.693. The number of carbonyl (C=O) groups excluding carboxylic acids is 2. The summed E-state index contributed by atoms with van der Waals surface area (Å²) in [5.74, 6) is -1.02. The Bertz CT molecular complexity index is 588. The first kappa shape index (κ1) is 12.1. The van der Waals surface area contributed by atoms with Gasteiger partial charge in [-0.15, -0.1) is 0 Å². The molecule has 1 heterocycles. The maximum Gasteiger partial charge on any atom is 0.296 e. The number of fused-ring (bicyclic) bond motifs is 1. The van der Waals surface area contributed by atoms with Crippen LogP contribution in [0.3, 0.4) is 0 Å². The second-order valence-electron chi connectivity index (χ2n) is 4.26. The lowest BCUT2D eigenvalue weighted by Crippen LogP contribution is -2.51. The second kappa shape index (κ2) is 3.84. The number of benzene rings is 1. The molecule has 0 saturated carbocycles. The van der Waals surface area contributed by atoms with Crippen LogP contribution in [-0.4, -0.2) is 30.7 Å². The number of methoxy groups -OCH3 is 1. The Hall–Kier alpha value is -2.35. The van der Waals surface area contributed by atoms with Crippen LogP contribution in [0.2, 0.25) is 0 Å². The molecule has 1 amide bonds. The number of carbonyl (C=O) groups is 2. The normalized spacial score (nSPS) is 22.4. The second-order valence-corrected chi connectivity index (χ2v) is 4.26. The van der Waals surface area contributed by atoms with Crippen molar-refractivity contribution in [3.8, 4) is 11.8 Å². The van der Waals surface area contributed by atoms with E-state index in [0.29, 0.717) is 11.3 Å². The molecule has 1 aliphatic heterocycles. The van der Waals surface area contributed by atoms with Gasteiger partial charge in [0.25, 0.3) is 11.7 Å². The average Bonchev–Trinajstić information content (AvgIpc) is 2.41. The summed E-state index contributed by atoms with van der Waals surface area (Å²) in [5, 5.41) is 9.34. The molecule has 5 nitrogen and oxygen atoms in total. The highest BCUT2D eigenvalue weighted by Crippen LogP contribution is 2.38. The van der Waals surface area contributed by atoms with Crippen molar-refractivity contribution >= 4 is 11.7 Å². The topological polar surface area (TPSA) is 70.4 Å². The Labute approximate surface area is 105 Å². The van der Waals surface area contributed by atoms with Crippen molar-refractivity contribution in [2.75, 3.05) is 14.2 Å². The molecule has 0 spiro atoms. The summed E-state index contributed by atoms with van der Waals surface area (Å²) in [7, 11) is 2.88. The molecule has 1 aliphatic rings. The molecule has 0 N–H and O–H groups in total. The number of nitriles is 1. The van der Waals surface area contributed by atoms with E-state index in [0.717, 1.165) is 4.90 Å². The van der Waals surface area contributed by atoms with Crippen molar-refractivity contribution in [3.63, 3.8) is 0 Å². The summed E-state index contributed by atoms with van der Waals surface area (Å²) in [4.78, 5) is 25.1. The SMILES string of the molecule is COc1cccc2c1C(=O)C(=O)N(C)C2(C)C#N. The van der Waals surface area contributed by atoms with Crippen LogP contribution in [0.25, 0.3) is 0 Å². The molecule has 1 aromatic carbocycles. The van der Waals surface area contributed by atoms with Crippen LogP contribution in [0.15, 0.2) is 18.2 Å². The summed E-state index contributed by atoms with van der Waals surface area (Å²) in [5.41, 5.74) is -0.474. The number of hydrogen-bond donors (Lipinski definition) is 0. The van der Waals surface area contributed by atoms with Crippen LogP contribution in [0, 0.1) is 11.3 Å². The lowest BCUT2D eigenvalue weighted by molar-refractivity contribution is -0.129. The van der Waals surface area contributed by atoms with Crippen molar-refractivity contribution < 1.29 is 14.3 Å². The Morgan fingerprint density at radius 1 is 1.39 bits per heavy atom. The van der Waals surface area contributed by atoms with E-state index in [1.54, 1.807) is 25.1 Å². The van der Waals surface area contributed by atoms with E-state index < -0.39 is 17.2 Å². The third-order valence-corrected chi connectivity index (χ3v) is 3.39. The van der Waals surface area contributed by atoms with E-state index in [4.69, 9.17) is 4.74 Å². The van der Waals surface area contributed by atoms with Gasteiger partial charge >= 0.3 is 0 Å². The number of hydrogen-bond acceptors (Lipinski definition) is 4. The van der Waals surface area contributed by atoms with Crippen LogP contribution in [0.1, 0.15) is 22.8 Å². The minimum atomic E-state index is -1.16. The predicted molar refractivity (Wildman–Crippen MR) is 63.1 cm³/mol. The Morgan fingerprint density at radius 3 is 2.61 bits per heavy atom. The van der Waals surface area contributed by atoms with Gasteiger partial charge in [0.05, 0.1) is 18.7 Å². The zero-order valence-corrected chi connectivity index (χ0v) is 10.4. The van der Waals surface area contributed by atoms with Crippen molar-refractivity contribution in [1.29, 1.82) is 5.26 Å². The number of likely N-dealkylation sites (N-methyl/N-ethyl adjacent to an activating group) is 1. The highest BCUT2D eigenvalue weighted by molar-refractivity contribution is 6.44. The van der Waals surface area contributed by atoms with E-state index in [1.807, 2.05) is 0 Å². The summed E-state index contributed by atoms with van der Waals surface area (Å²) >= 11 is 0. The van der Waals surface area contributed by atoms with E-state index in [9.17, 15) is 14.9 Å². The van der Waals surface area contributed by atoms with Gasteiger partial charge in [-0.25, -0.2) is 0 Å². The molecule has 92 valence electrons. The fourth-order valence-electron chi connectivity index (χ4n) is 2.12. The molecule has 1 atom stereocenters. The van der Waals surface area contributed by atoms with Crippen LogP contribution in [-0.2, 0) is 10.3 Å². The van der Waals surface area contributed by atoms with Gasteiger partial charge < -0.3 is 9.64 Å². The van der Waals surface area contributed by atoms with E-state index in [2.05, 4.69) is 6.07 Å². The first-order valence-corrected chi connectivity index (χ1v) is 5.38. The average molecular weight is 244 g/mol. The Balaban J connectivity index is 2.83. The molecule has 5 heteroatoms. The Morgan fingerprint density at radius 2 is 2.06 bits per heavy atom. The molecule has 1 aromatic rings. The van der Waals surface area contributed by atoms with Crippen LogP contribution >= 0.6 is 0 Å². The summed E-state index contributed by atoms with van der Waals surface area (Å²) < 4.78 is 5.10. The summed E-state index contributed by atoms with van der Waals surface area (Å²) in [6.07, 6.45) is 0. The number of rotatable bonds is 1. The summed E-state index contributed by atoms with van der Waals surface area (Å²) in [6.45, 7) is 1.61.